The van der Waals surface area contributed by atoms with Crippen LogP contribution in [0.2, 0.25) is 0 Å². The Morgan fingerprint density at radius 2 is 1.73 bits per heavy atom. The van der Waals surface area contributed by atoms with E-state index in [4.69, 9.17) is 15.9 Å². The lowest BCUT2D eigenvalue weighted by atomic mass is 10.1. The molecular weight excluding hydrogens is 374 g/mol. The average Bonchev–Trinajstić information content (AvgIpc) is 2.59. The molecule has 0 bridgehead atoms. The van der Waals surface area contributed by atoms with Gasteiger partial charge in [-0.05, 0) is 13.3 Å². The van der Waals surface area contributed by atoms with Crippen molar-refractivity contribution in [2.45, 2.75) is 38.0 Å². The van der Waals surface area contributed by atoms with Crippen molar-refractivity contribution in [3.05, 3.63) is 0 Å². The highest BCUT2D eigenvalue weighted by Gasteiger charge is 2.23. The Balaban J connectivity index is 4.29. The number of hydrogen-bond acceptors (Lipinski definition) is 10. The van der Waals surface area contributed by atoms with Crippen molar-refractivity contribution >= 4 is 42.4 Å². The summed E-state index contributed by atoms with van der Waals surface area (Å²) in [6.45, 7) is 0.492. The number of aliphatic hydroxyl groups is 1. The maximum Gasteiger partial charge on any atom is 0.383 e. The first-order chi connectivity index (χ1) is 12.1. The van der Waals surface area contributed by atoms with Crippen LogP contribution in [0.5, 0.6) is 0 Å². The molecule has 0 aliphatic heterocycles. The van der Waals surface area contributed by atoms with Gasteiger partial charge in [-0.2, -0.15) is 12.6 Å². The summed E-state index contributed by atoms with van der Waals surface area (Å²) in [7, 11) is 0. The molecule has 0 aromatic heterocycles. The van der Waals surface area contributed by atoms with Gasteiger partial charge in [-0.3, -0.25) is 14.4 Å². The minimum atomic E-state index is -1.49. The lowest BCUT2D eigenvalue weighted by Crippen LogP contribution is -2.49. The van der Waals surface area contributed by atoms with Gasteiger partial charge in [0.2, 0.25) is 11.8 Å². The summed E-state index contributed by atoms with van der Waals surface area (Å²) >= 11 is 3.89. The van der Waals surface area contributed by atoms with Gasteiger partial charge in [-0.25, -0.2) is 19.4 Å². The molecule has 0 radical (unpaired) electrons. The zero-order valence-corrected chi connectivity index (χ0v) is 14.7. The van der Waals surface area contributed by atoms with Crippen molar-refractivity contribution in [1.82, 2.24) is 10.6 Å². The van der Waals surface area contributed by atoms with Crippen molar-refractivity contribution < 1.29 is 44.0 Å². The summed E-state index contributed by atoms with van der Waals surface area (Å²) < 4.78 is 0. The molecule has 148 valence electrons. The number of carboxylic acid groups (broad SMARTS) is 1. The fraction of sp³-hybridized carbons (Fsp3) is 0.615. The van der Waals surface area contributed by atoms with Crippen LogP contribution in [-0.4, -0.2) is 70.4 Å². The molecule has 13 heteroatoms. The Labute approximate surface area is 153 Å². The van der Waals surface area contributed by atoms with Crippen molar-refractivity contribution in [1.29, 1.82) is 0 Å². The molecular formula is C13H21N3O9S. The standard InChI is InChI=1S/C13H21N3O9S/c1-6(17)12(22)24-25-13(23)7(14)2-3-9(18)16-8(5-26)11(21)15-4-10(19)20/h6-8,17,26H,2-5,14H2,1H3,(H,15,21)(H,16,18)(H,19,20). The van der Waals surface area contributed by atoms with Gasteiger partial charge < -0.3 is 26.6 Å². The zero-order chi connectivity index (χ0) is 20.3. The fourth-order valence-corrected chi connectivity index (χ4v) is 1.62. The quantitative estimate of drug-likeness (QED) is 0.127. The van der Waals surface area contributed by atoms with Crippen LogP contribution < -0.4 is 16.4 Å². The SMILES string of the molecule is CC(O)C(=O)OOC(=O)C(N)CCC(=O)NC(CS)C(=O)NCC(=O)O. The van der Waals surface area contributed by atoms with E-state index >= 15 is 0 Å². The molecule has 6 N–H and O–H groups in total. The molecule has 0 fully saturated rings. The van der Waals surface area contributed by atoms with Crippen molar-refractivity contribution in [2.75, 3.05) is 12.3 Å². The highest BCUT2D eigenvalue weighted by molar-refractivity contribution is 7.80. The summed E-state index contributed by atoms with van der Waals surface area (Å²) in [6, 6.07) is -2.36. The predicted molar refractivity (Wildman–Crippen MR) is 87.5 cm³/mol. The van der Waals surface area contributed by atoms with Crippen LogP contribution in [0.4, 0.5) is 0 Å². The largest absolute Gasteiger partial charge is 0.480 e. The van der Waals surface area contributed by atoms with Crippen LogP contribution in [0, 0.1) is 0 Å². The Hall–Kier alpha value is -2.38. The van der Waals surface area contributed by atoms with E-state index in [0.717, 1.165) is 6.92 Å². The normalized spacial score (nSPS) is 13.7. The number of thiol groups is 1. The van der Waals surface area contributed by atoms with Crippen LogP contribution >= 0.6 is 12.6 Å². The van der Waals surface area contributed by atoms with Gasteiger partial charge in [0.15, 0.2) is 6.10 Å². The van der Waals surface area contributed by atoms with Crippen LogP contribution in [0.1, 0.15) is 19.8 Å². The van der Waals surface area contributed by atoms with Crippen LogP contribution in [0.15, 0.2) is 0 Å². The number of nitrogens with two attached hydrogens (primary N) is 1. The van der Waals surface area contributed by atoms with Crippen LogP contribution in [-0.2, 0) is 33.7 Å². The molecule has 12 nitrogen and oxygen atoms in total. The molecule has 0 saturated carbocycles. The molecule has 3 unspecified atom stereocenters. The second-order valence-corrected chi connectivity index (χ2v) is 5.41. The van der Waals surface area contributed by atoms with E-state index < -0.39 is 54.5 Å². The second-order valence-electron chi connectivity index (χ2n) is 5.04. The topological polar surface area (TPSA) is 194 Å². The maximum atomic E-state index is 11.8. The summed E-state index contributed by atoms with van der Waals surface area (Å²) in [5.41, 5.74) is 5.46. The predicted octanol–water partition coefficient (Wildman–Crippen LogP) is -2.91. The summed E-state index contributed by atoms with van der Waals surface area (Å²) in [6.07, 6.45) is -1.94. The zero-order valence-electron chi connectivity index (χ0n) is 13.8. The van der Waals surface area contributed by atoms with Crippen molar-refractivity contribution in [3.63, 3.8) is 0 Å². The van der Waals surface area contributed by atoms with Gasteiger partial charge in [-0.15, -0.1) is 0 Å². The molecule has 2 amide bonds. The first-order valence-corrected chi connectivity index (χ1v) is 7.97. The Morgan fingerprint density at radius 3 is 2.23 bits per heavy atom. The molecule has 3 atom stereocenters. The van der Waals surface area contributed by atoms with Gasteiger partial charge in [-0.1, -0.05) is 0 Å². The number of aliphatic carboxylic acids is 1. The molecule has 0 rings (SSSR count). The lowest BCUT2D eigenvalue weighted by molar-refractivity contribution is -0.264. The number of nitrogens with one attached hydrogen (secondary N) is 2. The number of carbonyl (C=O) groups excluding carboxylic acids is 4. The van der Waals surface area contributed by atoms with E-state index in [0.29, 0.717) is 0 Å². The highest BCUT2D eigenvalue weighted by atomic mass is 32.1. The first kappa shape index (κ1) is 23.6. The minimum Gasteiger partial charge on any atom is -0.480 e. The smallest absolute Gasteiger partial charge is 0.383 e. The van der Waals surface area contributed by atoms with Gasteiger partial charge in [0.1, 0.15) is 18.6 Å². The van der Waals surface area contributed by atoms with Crippen LogP contribution in [0.25, 0.3) is 0 Å². The monoisotopic (exact) mass is 395 g/mol. The molecule has 26 heavy (non-hydrogen) atoms. The average molecular weight is 395 g/mol. The van der Waals surface area contributed by atoms with Gasteiger partial charge in [0.05, 0.1) is 0 Å². The fourth-order valence-electron chi connectivity index (χ4n) is 1.36. The van der Waals surface area contributed by atoms with E-state index in [1.54, 1.807) is 0 Å². The Kier molecular flexibility index (Phi) is 10.9. The lowest BCUT2D eigenvalue weighted by Gasteiger charge is -2.16. The van der Waals surface area contributed by atoms with Crippen molar-refractivity contribution in [3.8, 4) is 0 Å². The minimum absolute atomic E-state index is 0.0828. The number of hydrogen-bond donors (Lipinski definition) is 6. The van der Waals surface area contributed by atoms with Crippen molar-refractivity contribution in [2.24, 2.45) is 5.73 Å². The number of carbonyl (C=O) groups is 5. The Bertz CT molecular complexity index is 541. The van der Waals surface area contributed by atoms with Gasteiger partial charge in [0, 0.05) is 12.2 Å². The summed E-state index contributed by atoms with van der Waals surface area (Å²) in [4.78, 5) is 64.3. The molecule has 0 spiro atoms. The highest BCUT2D eigenvalue weighted by Crippen LogP contribution is 2.00. The van der Waals surface area contributed by atoms with Crippen LogP contribution in [0.3, 0.4) is 0 Å². The molecule has 0 saturated heterocycles. The third-order valence-electron chi connectivity index (χ3n) is 2.78. The van der Waals surface area contributed by atoms with E-state index in [1.165, 1.54) is 0 Å². The maximum absolute atomic E-state index is 11.8. The van der Waals surface area contributed by atoms with E-state index in [1.807, 2.05) is 0 Å². The number of carboxylic acids is 1. The third-order valence-corrected chi connectivity index (χ3v) is 3.15. The van der Waals surface area contributed by atoms with Gasteiger partial charge >= 0.3 is 17.9 Å². The third kappa shape index (κ3) is 9.80. The molecule has 0 aromatic rings. The number of aliphatic hydroxyl groups excluding tert-OH is 1. The van der Waals surface area contributed by atoms with E-state index in [2.05, 4.69) is 33.0 Å². The number of amides is 2. The summed E-state index contributed by atoms with van der Waals surface area (Å²) in [5.74, 6) is -5.02. The number of rotatable bonds is 10. The van der Waals surface area contributed by atoms with E-state index in [9.17, 15) is 24.0 Å². The Morgan fingerprint density at radius 1 is 1.15 bits per heavy atom. The molecule has 0 aromatic carbocycles. The summed E-state index contributed by atoms with van der Waals surface area (Å²) in [5, 5.41) is 21.7. The van der Waals surface area contributed by atoms with Gasteiger partial charge in [0.25, 0.3) is 0 Å². The first-order valence-electron chi connectivity index (χ1n) is 7.34. The van der Waals surface area contributed by atoms with E-state index in [-0.39, 0.29) is 18.6 Å². The molecule has 0 aliphatic rings. The molecule has 0 aliphatic carbocycles. The second kappa shape index (κ2) is 12.1. The molecule has 0 heterocycles.